The van der Waals surface area contributed by atoms with E-state index in [-0.39, 0.29) is 0 Å². The highest BCUT2D eigenvalue weighted by molar-refractivity contribution is 9.10. The van der Waals surface area contributed by atoms with Crippen LogP contribution < -0.4 is 5.32 Å². The average molecular weight is 331 g/mol. The molecule has 1 saturated heterocycles. The summed E-state index contributed by atoms with van der Waals surface area (Å²) in [5, 5.41) is 3.54. The minimum Gasteiger partial charge on any atom is -0.316 e. The van der Waals surface area contributed by atoms with E-state index in [1.165, 1.54) is 23.1 Å². The lowest BCUT2D eigenvalue weighted by molar-refractivity contribution is 0.402. The van der Waals surface area contributed by atoms with E-state index in [9.17, 15) is 0 Å². The molecule has 3 heteroatoms. The van der Waals surface area contributed by atoms with Crippen molar-refractivity contribution in [3.63, 3.8) is 0 Å². The molecule has 0 radical (unpaired) electrons. The minimum atomic E-state index is 0.529. The van der Waals surface area contributed by atoms with E-state index in [0.29, 0.717) is 11.8 Å². The van der Waals surface area contributed by atoms with Crippen LogP contribution in [0.15, 0.2) is 47.2 Å². The lowest BCUT2D eigenvalue weighted by Crippen LogP contribution is -2.34. The summed E-state index contributed by atoms with van der Waals surface area (Å²) in [6.07, 6.45) is 5.05. The fourth-order valence-corrected chi connectivity index (χ4v) is 3.71. The second kappa shape index (κ2) is 6.06. The normalized spacial score (nSPS) is 22.7. The van der Waals surface area contributed by atoms with Crippen molar-refractivity contribution in [2.45, 2.75) is 25.2 Å². The Hall–Kier alpha value is -1.19. The molecule has 1 fully saturated rings. The number of aromatic nitrogens is 1. The van der Waals surface area contributed by atoms with Gasteiger partial charge in [-0.3, -0.25) is 4.98 Å². The van der Waals surface area contributed by atoms with Crippen molar-refractivity contribution in [3.8, 4) is 0 Å². The maximum absolute atomic E-state index is 4.30. The predicted molar refractivity (Wildman–Crippen MR) is 86.1 cm³/mol. The van der Waals surface area contributed by atoms with Gasteiger partial charge in [-0.2, -0.15) is 0 Å². The Morgan fingerprint density at radius 3 is 2.90 bits per heavy atom. The second-order valence-electron chi connectivity index (χ2n) is 5.49. The van der Waals surface area contributed by atoms with Gasteiger partial charge in [0.05, 0.1) is 0 Å². The maximum atomic E-state index is 4.30. The number of piperidine rings is 1. The molecule has 1 aromatic carbocycles. The van der Waals surface area contributed by atoms with Gasteiger partial charge in [0.1, 0.15) is 0 Å². The van der Waals surface area contributed by atoms with Gasteiger partial charge < -0.3 is 5.32 Å². The van der Waals surface area contributed by atoms with E-state index in [1.807, 2.05) is 18.5 Å². The summed E-state index contributed by atoms with van der Waals surface area (Å²) in [6.45, 7) is 4.34. The van der Waals surface area contributed by atoms with E-state index in [1.54, 1.807) is 0 Å². The van der Waals surface area contributed by atoms with Crippen LogP contribution in [0.4, 0.5) is 0 Å². The fourth-order valence-electron chi connectivity index (χ4n) is 3.23. The summed E-state index contributed by atoms with van der Waals surface area (Å²) < 4.78 is 1.15. The molecule has 1 N–H and O–H groups in total. The topological polar surface area (TPSA) is 24.9 Å². The Morgan fingerprint density at radius 1 is 1.25 bits per heavy atom. The molecule has 0 spiro atoms. The number of pyridine rings is 1. The van der Waals surface area contributed by atoms with Gasteiger partial charge in [-0.25, -0.2) is 0 Å². The molecule has 2 nitrogen and oxygen atoms in total. The number of benzene rings is 1. The monoisotopic (exact) mass is 330 g/mol. The first-order valence-corrected chi connectivity index (χ1v) is 7.91. The summed E-state index contributed by atoms with van der Waals surface area (Å²) in [7, 11) is 0. The van der Waals surface area contributed by atoms with Crippen LogP contribution in [0.3, 0.4) is 0 Å². The summed E-state index contributed by atoms with van der Waals surface area (Å²) in [5.74, 6) is 1.09. The standard InChI is InChI=1S/C17H19BrN2/c1-12-9-14(18)4-5-15(12)17-11-20-8-6-16(17)13-3-2-7-19-10-13/h2-5,7,9-10,16-17,20H,6,8,11H2,1H3. The first kappa shape index (κ1) is 13.8. The van der Waals surface area contributed by atoms with Crippen LogP contribution in [0.2, 0.25) is 0 Å². The Labute approximate surface area is 128 Å². The third-order valence-electron chi connectivity index (χ3n) is 4.23. The molecule has 2 unspecified atom stereocenters. The van der Waals surface area contributed by atoms with Gasteiger partial charge in [-0.1, -0.05) is 28.1 Å². The molecule has 0 bridgehead atoms. The number of halogens is 1. The third kappa shape index (κ3) is 2.79. The number of hydrogen-bond acceptors (Lipinski definition) is 2. The zero-order valence-corrected chi connectivity index (χ0v) is 13.2. The maximum Gasteiger partial charge on any atom is 0.0302 e. The SMILES string of the molecule is Cc1cc(Br)ccc1C1CNCCC1c1cccnc1. The van der Waals surface area contributed by atoms with Crippen molar-refractivity contribution in [2.24, 2.45) is 0 Å². The molecule has 2 atom stereocenters. The molecular formula is C17H19BrN2. The molecule has 3 rings (SSSR count). The van der Waals surface area contributed by atoms with E-state index in [0.717, 1.165) is 17.6 Å². The number of nitrogens with one attached hydrogen (secondary N) is 1. The van der Waals surface area contributed by atoms with Crippen molar-refractivity contribution < 1.29 is 0 Å². The molecule has 1 aliphatic heterocycles. The highest BCUT2D eigenvalue weighted by atomic mass is 79.9. The Morgan fingerprint density at radius 2 is 2.15 bits per heavy atom. The van der Waals surface area contributed by atoms with Crippen LogP contribution >= 0.6 is 15.9 Å². The summed E-state index contributed by atoms with van der Waals surface area (Å²) in [5.41, 5.74) is 4.18. The lowest BCUT2D eigenvalue weighted by Gasteiger charge is -2.33. The Kier molecular flexibility index (Phi) is 4.18. The van der Waals surface area contributed by atoms with Gasteiger partial charge in [0, 0.05) is 29.3 Å². The van der Waals surface area contributed by atoms with Gasteiger partial charge in [0.25, 0.3) is 0 Å². The van der Waals surface area contributed by atoms with Crippen LogP contribution in [-0.4, -0.2) is 18.1 Å². The van der Waals surface area contributed by atoms with E-state index in [2.05, 4.69) is 57.4 Å². The van der Waals surface area contributed by atoms with Crippen LogP contribution in [0.5, 0.6) is 0 Å². The van der Waals surface area contributed by atoms with E-state index >= 15 is 0 Å². The van der Waals surface area contributed by atoms with Gasteiger partial charge in [0.2, 0.25) is 0 Å². The molecule has 20 heavy (non-hydrogen) atoms. The lowest BCUT2D eigenvalue weighted by atomic mass is 9.76. The first-order valence-electron chi connectivity index (χ1n) is 7.12. The number of hydrogen-bond donors (Lipinski definition) is 1. The second-order valence-corrected chi connectivity index (χ2v) is 6.41. The predicted octanol–water partition coefficient (Wildman–Crippen LogP) is 4.01. The fraction of sp³-hybridized carbons (Fsp3) is 0.353. The number of aryl methyl sites for hydroxylation is 1. The largest absolute Gasteiger partial charge is 0.316 e. The molecule has 1 aliphatic rings. The van der Waals surface area contributed by atoms with Gasteiger partial charge in [-0.05, 0) is 60.7 Å². The van der Waals surface area contributed by atoms with Crippen LogP contribution in [-0.2, 0) is 0 Å². The third-order valence-corrected chi connectivity index (χ3v) is 4.72. The van der Waals surface area contributed by atoms with Crippen molar-refractivity contribution in [2.75, 3.05) is 13.1 Å². The van der Waals surface area contributed by atoms with Crippen LogP contribution in [0.1, 0.15) is 34.9 Å². The number of rotatable bonds is 2. The van der Waals surface area contributed by atoms with Gasteiger partial charge in [-0.15, -0.1) is 0 Å². The Balaban J connectivity index is 1.97. The van der Waals surface area contributed by atoms with Crippen molar-refractivity contribution in [3.05, 3.63) is 63.9 Å². The van der Waals surface area contributed by atoms with Crippen molar-refractivity contribution in [1.29, 1.82) is 0 Å². The molecule has 2 heterocycles. The molecule has 0 amide bonds. The van der Waals surface area contributed by atoms with E-state index < -0.39 is 0 Å². The van der Waals surface area contributed by atoms with Crippen molar-refractivity contribution >= 4 is 15.9 Å². The molecule has 0 saturated carbocycles. The quantitative estimate of drug-likeness (QED) is 0.899. The first-order chi connectivity index (χ1) is 9.75. The number of nitrogens with zero attached hydrogens (tertiary/aromatic N) is 1. The minimum absolute atomic E-state index is 0.529. The van der Waals surface area contributed by atoms with Crippen LogP contribution in [0, 0.1) is 6.92 Å². The van der Waals surface area contributed by atoms with E-state index in [4.69, 9.17) is 0 Å². The smallest absolute Gasteiger partial charge is 0.0302 e. The zero-order valence-electron chi connectivity index (χ0n) is 11.6. The highest BCUT2D eigenvalue weighted by Gasteiger charge is 2.28. The summed E-state index contributed by atoms with van der Waals surface area (Å²) in [6, 6.07) is 10.9. The van der Waals surface area contributed by atoms with Gasteiger partial charge >= 0.3 is 0 Å². The highest BCUT2D eigenvalue weighted by Crippen LogP contribution is 2.38. The van der Waals surface area contributed by atoms with Crippen molar-refractivity contribution in [1.82, 2.24) is 10.3 Å². The molecule has 1 aromatic heterocycles. The van der Waals surface area contributed by atoms with Gasteiger partial charge in [0.15, 0.2) is 0 Å². The summed E-state index contributed by atoms with van der Waals surface area (Å²) >= 11 is 3.55. The zero-order chi connectivity index (χ0) is 13.9. The average Bonchev–Trinajstić information content (AvgIpc) is 2.48. The molecule has 0 aliphatic carbocycles. The molecule has 2 aromatic rings. The molecule has 104 valence electrons. The molecular weight excluding hydrogens is 312 g/mol. The Bertz CT molecular complexity index is 583. The summed E-state index contributed by atoms with van der Waals surface area (Å²) in [4.78, 5) is 4.30. The van der Waals surface area contributed by atoms with Crippen LogP contribution in [0.25, 0.3) is 0 Å².